The zero-order valence-electron chi connectivity index (χ0n) is 12.7. The third kappa shape index (κ3) is 3.89. The van der Waals surface area contributed by atoms with Gasteiger partial charge in [0.1, 0.15) is 4.90 Å². The fraction of sp³-hybridized carbons (Fsp3) is 0.600. The van der Waals surface area contributed by atoms with E-state index >= 15 is 0 Å². The Morgan fingerprint density at radius 1 is 1.29 bits per heavy atom. The smallest absolute Gasteiger partial charge is 0.242 e. The predicted molar refractivity (Wildman–Crippen MR) is 86.7 cm³/mol. The second kappa shape index (κ2) is 6.66. The molecule has 0 saturated heterocycles. The molecule has 1 aliphatic rings. The lowest BCUT2D eigenvalue weighted by molar-refractivity contribution is 0.268. The monoisotopic (exact) mass is 311 g/mol. The molecule has 118 valence electrons. The van der Waals surface area contributed by atoms with Crippen LogP contribution >= 0.6 is 0 Å². The topological polar surface area (TPSA) is 84.2 Å². The van der Waals surface area contributed by atoms with Crippen LogP contribution in [0.5, 0.6) is 0 Å². The summed E-state index contributed by atoms with van der Waals surface area (Å²) >= 11 is 0. The molecule has 5 nitrogen and oxygen atoms in total. The molecule has 0 heterocycles. The highest BCUT2D eigenvalue weighted by Gasteiger charge is 2.22. The van der Waals surface area contributed by atoms with E-state index in [0.29, 0.717) is 23.2 Å². The van der Waals surface area contributed by atoms with Crippen molar-refractivity contribution in [3.05, 3.63) is 18.2 Å². The number of hydrogen-bond acceptors (Lipinski definition) is 4. The van der Waals surface area contributed by atoms with E-state index in [1.54, 1.807) is 12.1 Å². The van der Waals surface area contributed by atoms with Crippen LogP contribution in [0.2, 0.25) is 0 Å². The SMILES string of the molecule is CNS(=O)(=O)c1cc(N)ccc1NCC1CCCCC1C. The molecule has 0 aromatic heterocycles. The summed E-state index contributed by atoms with van der Waals surface area (Å²) in [5.41, 5.74) is 6.79. The van der Waals surface area contributed by atoms with Gasteiger partial charge in [0, 0.05) is 12.2 Å². The number of nitrogens with two attached hydrogens (primary N) is 1. The number of rotatable bonds is 5. The van der Waals surface area contributed by atoms with E-state index in [9.17, 15) is 8.42 Å². The van der Waals surface area contributed by atoms with Crippen molar-refractivity contribution in [2.75, 3.05) is 24.6 Å². The maximum Gasteiger partial charge on any atom is 0.242 e. The predicted octanol–water partition coefficient (Wildman–Crippen LogP) is 2.42. The normalized spacial score (nSPS) is 23.0. The van der Waals surface area contributed by atoms with E-state index in [1.165, 1.54) is 38.8 Å². The maximum absolute atomic E-state index is 12.1. The van der Waals surface area contributed by atoms with Gasteiger partial charge in [-0.3, -0.25) is 0 Å². The maximum atomic E-state index is 12.1. The summed E-state index contributed by atoms with van der Waals surface area (Å²) in [6, 6.07) is 4.97. The summed E-state index contributed by atoms with van der Waals surface area (Å²) in [7, 11) is -2.10. The molecule has 0 radical (unpaired) electrons. The first kappa shape index (κ1) is 16.1. The third-order valence-electron chi connectivity index (χ3n) is 4.41. The van der Waals surface area contributed by atoms with E-state index in [1.807, 2.05) is 0 Å². The number of benzene rings is 1. The van der Waals surface area contributed by atoms with Gasteiger partial charge in [0.05, 0.1) is 5.69 Å². The number of hydrogen-bond donors (Lipinski definition) is 3. The minimum absolute atomic E-state index is 0.216. The molecule has 1 aromatic carbocycles. The Morgan fingerprint density at radius 2 is 2.00 bits per heavy atom. The Morgan fingerprint density at radius 3 is 2.67 bits per heavy atom. The number of nitrogen functional groups attached to an aromatic ring is 1. The standard InChI is InChI=1S/C15H25N3O2S/c1-11-5-3-4-6-12(11)10-18-14-8-7-13(16)9-15(14)21(19,20)17-2/h7-9,11-12,17-18H,3-6,10,16H2,1-2H3. The fourth-order valence-electron chi connectivity index (χ4n) is 2.95. The van der Waals surface area contributed by atoms with E-state index in [0.717, 1.165) is 6.54 Å². The van der Waals surface area contributed by atoms with Gasteiger partial charge in [-0.15, -0.1) is 0 Å². The number of sulfonamides is 1. The average Bonchev–Trinajstić information content (AvgIpc) is 2.47. The quantitative estimate of drug-likeness (QED) is 0.729. The van der Waals surface area contributed by atoms with E-state index in [2.05, 4.69) is 17.0 Å². The molecule has 0 amide bonds. The van der Waals surface area contributed by atoms with Crippen molar-refractivity contribution < 1.29 is 8.42 Å². The van der Waals surface area contributed by atoms with Crippen LogP contribution in [0.15, 0.2) is 23.1 Å². The molecular formula is C15H25N3O2S. The molecule has 21 heavy (non-hydrogen) atoms. The first-order valence-electron chi connectivity index (χ1n) is 7.51. The first-order chi connectivity index (χ1) is 9.94. The van der Waals surface area contributed by atoms with Crippen LogP contribution in [0.1, 0.15) is 32.6 Å². The molecule has 2 unspecified atom stereocenters. The highest BCUT2D eigenvalue weighted by molar-refractivity contribution is 7.89. The second-order valence-electron chi connectivity index (χ2n) is 5.87. The highest BCUT2D eigenvalue weighted by Crippen LogP contribution is 2.31. The van der Waals surface area contributed by atoms with Crippen molar-refractivity contribution in [3.8, 4) is 0 Å². The Balaban J connectivity index is 2.16. The van der Waals surface area contributed by atoms with Crippen molar-refractivity contribution in [1.82, 2.24) is 4.72 Å². The van der Waals surface area contributed by atoms with E-state index in [4.69, 9.17) is 5.73 Å². The zero-order chi connectivity index (χ0) is 15.5. The largest absolute Gasteiger partial charge is 0.399 e. The molecule has 1 aliphatic carbocycles. The minimum atomic E-state index is -3.51. The van der Waals surface area contributed by atoms with Crippen molar-refractivity contribution in [2.45, 2.75) is 37.5 Å². The Hall–Kier alpha value is -1.27. The molecule has 1 fully saturated rings. The lowest BCUT2D eigenvalue weighted by Gasteiger charge is -2.29. The molecule has 0 aliphatic heterocycles. The fourth-order valence-corrected chi connectivity index (χ4v) is 3.90. The molecule has 1 saturated carbocycles. The second-order valence-corrected chi connectivity index (χ2v) is 7.72. The summed E-state index contributed by atoms with van der Waals surface area (Å²) in [5, 5.41) is 3.31. The molecule has 0 spiro atoms. The molecule has 6 heteroatoms. The lowest BCUT2D eigenvalue weighted by atomic mass is 9.80. The summed E-state index contributed by atoms with van der Waals surface area (Å²) < 4.78 is 26.5. The lowest BCUT2D eigenvalue weighted by Crippen LogP contribution is -2.26. The summed E-state index contributed by atoms with van der Waals surface area (Å²) in [5.74, 6) is 1.28. The first-order valence-corrected chi connectivity index (χ1v) is 8.99. The number of nitrogens with one attached hydrogen (secondary N) is 2. The van der Waals surface area contributed by atoms with Crippen LogP contribution in [0.25, 0.3) is 0 Å². The van der Waals surface area contributed by atoms with E-state index in [-0.39, 0.29) is 4.90 Å². The minimum Gasteiger partial charge on any atom is -0.399 e. The summed E-state index contributed by atoms with van der Waals surface area (Å²) in [6.45, 7) is 3.08. The van der Waals surface area contributed by atoms with Crippen LogP contribution in [-0.4, -0.2) is 22.0 Å². The van der Waals surface area contributed by atoms with Crippen LogP contribution in [0.4, 0.5) is 11.4 Å². The molecule has 0 bridgehead atoms. The van der Waals surface area contributed by atoms with Crippen LogP contribution < -0.4 is 15.8 Å². The highest BCUT2D eigenvalue weighted by atomic mass is 32.2. The van der Waals surface area contributed by atoms with Gasteiger partial charge in [0.15, 0.2) is 0 Å². The molecule has 4 N–H and O–H groups in total. The molecule has 1 aromatic rings. The van der Waals surface area contributed by atoms with Gasteiger partial charge < -0.3 is 11.1 Å². The third-order valence-corrected chi connectivity index (χ3v) is 5.86. The van der Waals surface area contributed by atoms with Crippen LogP contribution in [-0.2, 0) is 10.0 Å². The van der Waals surface area contributed by atoms with Crippen molar-refractivity contribution in [2.24, 2.45) is 11.8 Å². The van der Waals surface area contributed by atoms with Crippen molar-refractivity contribution >= 4 is 21.4 Å². The van der Waals surface area contributed by atoms with Gasteiger partial charge in [-0.05, 0) is 43.5 Å². The van der Waals surface area contributed by atoms with Gasteiger partial charge in [-0.25, -0.2) is 13.1 Å². The summed E-state index contributed by atoms with van der Waals surface area (Å²) in [6.07, 6.45) is 5.03. The van der Waals surface area contributed by atoms with Crippen LogP contribution in [0.3, 0.4) is 0 Å². The Bertz CT molecular complexity index is 587. The molecule has 2 rings (SSSR count). The molecule has 2 atom stereocenters. The summed E-state index contributed by atoms with van der Waals surface area (Å²) in [4.78, 5) is 0.216. The van der Waals surface area contributed by atoms with Gasteiger partial charge in [0.25, 0.3) is 0 Å². The molecular weight excluding hydrogens is 286 g/mol. The van der Waals surface area contributed by atoms with Crippen molar-refractivity contribution in [1.29, 1.82) is 0 Å². The number of anilines is 2. The van der Waals surface area contributed by atoms with Gasteiger partial charge in [-0.1, -0.05) is 26.2 Å². The van der Waals surface area contributed by atoms with Crippen LogP contribution in [0, 0.1) is 11.8 Å². The van der Waals surface area contributed by atoms with Gasteiger partial charge >= 0.3 is 0 Å². The zero-order valence-corrected chi connectivity index (χ0v) is 13.5. The average molecular weight is 311 g/mol. The Labute approximate surface area is 127 Å². The van der Waals surface area contributed by atoms with Crippen molar-refractivity contribution in [3.63, 3.8) is 0 Å². The van der Waals surface area contributed by atoms with Gasteiger partial charge in [-0.2, -0.15) is 0 Å². The Kier molecular flexibility index (Phi) is 5.11. The van der Waals surface area contributed by atoms with E-state index < -0.39 is 10.0 Å². The van der Waals surface area contributed by atoms with Gasteiger partial charge in [0.2, 0.25) is 10.0 Å².